The number of methoxy groups -OCH3 is 1. The summed E-state index contributed by atoms with van der Waals surface area (Å²) in [6.07, 6.45) is 9.71. The maximum Gasteiger partial charge on any atom is 0.223 e. The number of carbonyl (C=O) groups excluding carboxylic acids is 1. The zero-order chi connectivity index (χ0) is 18.4. The van der Waals surface area contributed by atoms with E-state index in [1.165, 1.54) is 44.9 Å². The maximum atomic E-state index is 12.8. The molecule has 0 spiro atoms. The van der Waals surface area contributed by atoms with E-state index in [-0.39, 0.29) is 5.91 Å². The van der Waals surface area contributed by atoms with Gasteiger partial charge in [0, 0.05) is 24.6 Å². The van der Waals surface area contributed by atoms with Gasteiger partial charge in [0.25, 0.3) is 0 Å². The summed E-state index contributed by atoms with van der Waals surface area (Å²) in [6.45, 7) is 0.469. The summed E-state index contributed by atoms with van der Waals surface area (Å²) < 4.78 is 11.0. The van der Waals surface area contributed by atoms with E-state index < -0.39 is 0 Å². The summed E-state index contributed by atoms with van der Waals surface area (Å²) in [4.78, 5) is 14.9. The van der Waals surface area contributed by atoms with E-state index in [1.807, 2.05) is 0 Å². The van der Waals surface area contributed by atoms with E-state index in [4.69, 9.17) is 14.7 Å². The first-order valence-corrected chi connectivity index (χ1v) is 9.75. The van der Waals surface area contributed by atoms with Gasteiger partial charge < -0.3 is 14.4 Å². The van der Waals surface area contributed by atoms with E-state index in [1.54, 1.807) is 25.3 Å². The van der Waals surface area contributed by atoms with Gasteiger partial charge in [0.1, 0.15) is 0 Å². The average molecular weight is 356 g/mol. The Morgan fingerprint density at radius 1 is 1.15 bits per heavy atom. The smallest absolute Gasteiger partial charge is 0.223 e. The number of amides is 1. The van der Waals surface area contributed by atoms with Gasteiger partial charge in [-0.1, -0.05) is 19.3 Å². The predicted molar refractivity (Wildman–Crippen MR) is 99.2 cm³/mol. The number of nitriles is 1. The van der Waals surface area contributed by atoms with Crippen LogP contribution in [0.4, 0.5) is 0 Å². The molecular weight excluding hydrogens is 328 g/mol. The Kier molecular flexibility index (Phi) is 6.38. The molecule has 0 unspecified atom stereocenters. The highest BCUT2D eigenvalue weighted by molar-refractivity contribution is 5.77. The first-order valence-electron chi connectivity index (χ1n) is 9.75. The predicted octanol–water partition coefficient (Wildman–Crippen LogP) is 4.05. The van der Waals surface area contributed by atoms with Crippen molar-refractivity contribution in [2.45, 2.75) is 69.9 Å². The molecule has 0 aliphatic heterocycles. The van der Waals surface area contributed by atoms with Crippen molar-refractivity contribution in [1.29, 1.82) is 5.26 Å². The average Bonchev–Trinajstić information content (AvgIpc) is 3.51. The molecular formula is C21H28N2O3. The van der Waals surface area contributed by atoms with Crippen molar-refractivity contribution < 1.29 is 14.3 Å². The molecule has 0 saturated heterocycles. The van der Waals surface area contributed by atoms with Crippen molar-refractivity contribution >= 4 is 5.91 Å². The fraction of sp³-hybridized carbons (Fsp3) is 0.619. The summed E-state index contributed by atoms with van der Waals surface area (Å²) in [5, 5.41) is 8.94. The second kappa shape index (κ2) is 8.93. The van der Waals surface area contributed by atoms with Gasteiger partial charge in [-0.2, -0.15) is 5.26 Å². The van der Waals surface area contributed by atoms with E-state index >= 15 is 0 Å². The van der Waals surface area contributed by atoms with Crippen LogP contribution in [0.1, 0.15) is 63.4 Å². The van der Waals surface area contributed by atoms with Gasteiger partial charge in [-0.05, 0) is 44.2 Å². The molecule has 1 aromatic carbocycles. The van der Waals surface area contributed by atoms with Gasteiger partial charge in [-0.3, -0.25) is 4.79 Å². The summed E-state index contributed by atoms with van der Waals surface area (Å²) >= 11 is 0. The topological polar surface area (TPSA) is 62.6 Å². The molecule has 26 heavy (non-hydrogen) atoms. The zero-order valence-corrected chi connectivity index (χ0v) is 15.6. The molecule has 0 heterocycles. The van der Waals surface area contributed by atoms with Crippen molar-refractivity contribution in [2.75, 3.05) is 13.7 Å². The normalized spacial score (nSPS) is 17.4. The summed E-state index contributed by atoms with van der Waals surface area (Å²) in [7, 11) is 1.56. The molecule has 5 nitrogen and oxygen atoms in total. The molecule has 5 heteroatoms. The summed E-state index contributed by atoms with van der Waals surface area (Å²) in [5.74, 6) is 1.46. The van der Waals surface area contributed by atoms with Crippen molar-refractivity contribution in [3.05, 3.63) is 23.8 Å². The van der Waals surface area contributed by atoms with Crippen LogP contribution in [0.15, 0.2) is 18.2 Å². The highest BCUT2D eigenvalue weighted by Gasteiger charge is 2.37. The highest BCUT2D eigenvalue weighted by Crippen LogP contribution is 2.34. The lowest BCUT2D eigenvalue weighted by Crippen LogP contribution is -2.43. The molecule has 0 radical (unpaired) electrons. The van der Waals surface area contributed by atoms with E-state index in [0.717, 1.165) is 0 Å². The van der Waals surface area contributed by atoms with Gasteiger partial charge >= 0.3 is 0 Å². The van der Waals surface area contributed by atoms with Crippen LogP contribution in [0, 0.1) is 11.3 Å². The SMILES string of the molecule is COc1cc(C#N)ccc1OCCCC(=O)N(C1CCCCC1)C1CC1. The van der Waals surface area contributed by atoms with Crippen molar-refractivity contribution in [2.24, 2.45) is 0 Å². The third-order valence-corrected chi connectivity index (χ3v) is 5.28. The van der Waals surface area contributed by atoms with Crippen LogP contribution in [0.2, 0.25) is 0 Å². The molecule has 0 aromatic heterocycles. The minimum Gasteiger partial charge on any atom is -0.493 e. The Hall–Kier alpha value is -2.22. The fourth-order valence-corrected chi connectivity index (χ4v) is 3.81. The molecule has 2 aliphatic carbocycles. The largest absolute Gasteiger partial charge is 0.493 e. The Morgan fingerprint density at radius 2 is 1.88 bits per heavy atom. The van der Waals surface area contributed by atoms with Gasteiger partial charge in [0.05, 0.1) is 25.3 Å². The second-order valence-corrected chi connectivity index (χ2v) is 7.25. The first kappa shape index (κ1) is 18.6. The first-order chi connectivity index (χ1) is 12.7. The molecule has 2 fully saturated rings. The van der Waals surface area contributed by atoms with Crippen LogP contribution >= 0.6 is 0 Å². The van der Waals surface area contributed by atoms with Gasteiger partial charge in [0.2, 0.25) is 5.91 Å². The zero-order valence-electron chi connectivity index (χ0n) is 15.6. The maximum absolute atomic E-state index is 12.8. The standard InChI is InChI=1S/C21H28N2O3/c1-25-20-14-16(15-22)9-12-19(20)26-13-5-8-21(24)23(18-10-11-18)17-6-3-2-4-7-17/h9,12,14,17-18H,2-8,10-11,13H2,1H3. The lowest BCUT2D eigenvalue weighted by Gasteiger charge is -2.34. The van der Waals surface area contributed by atoms with E-state index in [2.05, 4.69) is 11.0 Å². The minimum atomic E-state index is 0.287. The molecule has 0 N–H and O–H groups in total. The van der Waals surface area contributed by atoms with Crippen molar-refractivity contribution in [3.8, 4) is 17.6 Å². The van der Waals surface area contributed by atoms with Crippen LogP contribution in [-0.2, 0) is 4.79 Å². The third kappa shape index (κ3) is 4.69. The Labute approximate surface area is 155 Å². The van der Waals surface area contributed by atoms with Crippen molar-refractivity contribution in [1.82, 2.24) is 4.90 Å². The van der Waals surface area contributed by atoms with Crippen LogP contribution < -0.4 is 9.47 Å². The molecule has 2 aliphatic rings. The molecule has 140 valence electrons. The fourth-order valence-electron chi connectivity index (χ4n) is 3.81. The Balaban J connectivity index is 1.48. The Bertz CT molecular complexity index is 658. The quantitative estimate of drug-likeness (QED) is 0.659. The van der Waals surface area contributed by atoms with Crippen LogP contribution in [0.3, 0.4) is 0 Å². The third-order valence-electron chi connectivity index (χ3n) is 5.28. The number of hydrogen-bond donors (Lipinski definition) is 0. The molecule has 2 saturated carbocycles. The molecule has 0 atom stereocenters. The van der Waals surface area contributed by atoms with Gasteiger partial charge in [-0.25, -0.2) is 0 Å². The lowest BCUT2D eigenvalue weighted by molar-refractivity contribution is -0.135. The summed E-state index contributed by atoms with van der Waals surface area (Å²) in [5.41, 5.74) is 0.539. The second-order valence-electron chi connectivity index (χ2n) is 7.25. The number of carbonyl (C=O) groups is 1. The monoisotopic (exact) mass is 356 g/mol. The molecule has 1 aromatic rings. The minimum absolute atomic E-state index is 0.287. The number of ether oxygens (including phenoxy) is 2. The van der Waals surface area contributed by atoms with Crippen LogP contribution in [-0.4, -0.2) is 36.6 Å². The van der Waals surface area contributed by atoms with Crippen LogP contribution in [0.25, 0.3) is 0 Å². The van der Waals surface area contributed by atoms with E-state index in [9.17, 15) is 4.79 Å². The number of hydrogen-bond acceptors (Lipinski definition) is 4. The van der Waals surface area contributed by atoms with Crippen LogP contribution in [0.5, 0.6) is 11.5 Å². The number of benzene rings is 1. The lowest BCUT2D eigenvalue weighted by atomic mass is 9.93. The molecule has 0 bridgehead atoms. The summed E-state index contributed by atoms with van der Waals surface area (Å²) in [6, 6.07) is 8.16. The van der Waals surface area contributed by atoms with Crippen molar-refractivity contribution in [3.63, 3.8) is 0 Å². The number of rotatable bonds is 8. The number of nitrogens with zero attached hydrogens (tertiary/aromatic N) is 2. The molecule has 1 amide bonds. The highest BCUT2D eigenvalue weighted by atomic mass is 16.5. The molecule has 3 rings (SSSR count). The Morgan fingerprint density at radius 3 is 2.54 bits per heavy atom. The van der Waals surface area contributed by atoms with Gasteiger partial charge in [0.15, 0.2) is 11.5 Å². The van der Waals surface area contributed by atoms with E-state index in [0.29, 0.717) is 48.6 Å². The van der Waals surface area contributed by atoms with Gasteiger partial charge in [-0.15, -0.1) is 0 Å².